The van der Waals surface area contributed by atoms with Crippen LogP contribution in [0.5, 0.6) is 0 Å². The van der Waals surface area contributed by atoms with Crippen LogP contribution < -0.4 is 9.62 Å². The van der Waals surface area contributed by atoms with Crippen molar-refractivity contribution in [3.63, 3.8) is 0 Å². The smallest absolute Gasteiger partial charge is 0.264 e. The molecule has 0 bridgehead atoms. The Morgan fingerprint density at radius 1 is 0.921 bits per heavy atom. The molecule has 3 rings (SSSR count). The van der Waals surface area contributed by atoms with Crippen LogP contribution in [0.2, 0.25) is 5.02 Å². The molecule has 0 unspecified atom stereocenters. The zero-order valence-corrected chi connectivity index (χ0v) is 23.7. The van der Waals surface area contributed by atoms with E-state index in [9.17, 15) is 18.0 Å². The Bertz CT molecular complexity index is 1350. The van der Waals surface area contributed by atoms with Gasteiger partial charge in [0.1, 0.15) is 12.6 Å². The van der Waals surface area contributed by atoms with Crippen LogP contribution in [0.4, 0.5) is 5.69 Å². The molecule has 0 saturated carbocycles. The van der Waals surface area contributed by atoms with Gasteiger partial charge in [0.05, 0.1) is 15.6 Å². The van der Waals surface area contributed by atoms with Crippen LogP contribution in [0.1, 0.15) is 38.3 Å². The number of amides is 2. The summed E-state index contributed by atoms with van der Waals surface area (Å²) < 4.78 is 28.6. The van der Waals surface area contributed by atoms with Crippen LogP contribution in [-0.2, 0) is 26.2 Å². The van der Waals surface area contributed by atoms with Crippen molar-refractivity contribution in [2.75, 3.05) is 10.8 Å². The number of nitrogens with one attached hydrogen (secondary N) is 1. The van der Waals surface area contributed by atoms with Gasteiger partial charge >= 0.3 is 0 Å². The Balaban J connectivity index is 2.06. The number of sulfonamides is 1. The van der Waals surface area contributed by atoms with Gasteiger partial charge in [-0.2, -0.15) is 0 Å². The lowest BCUT2D eigenvalue weighted by molar-refractivity contribution is -0.140. The predicted molar refractivity (Wildman–Crippen MR) is 152 cm³/mol. The molecule has 1 atom stereocenters. The van der Waals surface area contributed by atoms with Gasteiger partial charge in [0.25, 0.3) is 10.0 Å². The molecule has 202 valence electrons. The van der Waals surface area contributed by atoms with Gasteiger partial charge in [-0.3, -0.25) is 13.9 Å². The van der Waals surface area contributed by atoms with E-state index >= 15 is 0 Å². The lowest BCUT2D eigenvalue weighted by Crippen LogP contribution is -2.53. The predicted octanol–water partition coefficient (Wildman–Crippen LogP) is 5.18. The van der Waals surface area contributed by atoms with Gasteiger partial charge in [-0.1, -0.05) is 78.7 Å². The van der Waals surface area contributed by atoms with Gasteiger partial charge < -0.3 is 10.2 Å². The number of benzene rings is 3. The van der Waals surface area contributed by atoms with Crippen LogP contribution in [0.15, 0.2) is 83.8 Å². The van der Waals surface area contributed by atoms with E-state index in [0.717, 1.165) is 15.4 Å². The maximum atomic E-state index is 14.0. The summed E-state index contributed by atoms with van der Waals surface area (Å²) in [5.74, 6) is -0.811. The minimum absolute atomic E-state index is 0.0300. The summed E-state index contributed by atoms with van der Waals surface area (Å²) in [5, 5.41) is 3.08. The largest absolute Gasteiger partial charge is 0.352 e. The van der Waals surface area contributed by atoms with E-state index in [-0.39, 0.29) is 34.1 Å². The van der Waals surface area contributed by atoms with Crippen LogP contribution in [-0.4, -0.2) is 43.8 Å². The quantitative estimate of drug-likeness (QED) is 0.353. The van der Waals surface area contributed by atoms with Crippen molar-refractivity contribution in [3.05, 3.63) is 95.0 Å². The van der Waals surface area contributed by atoms with Crippen molar-refractivity contribution < 1.29 is 18.0 Å². The monoisotopic (exact) mass is 555 g/mol. The van der Waals surface area contributed by atoms with Gasteiger partial charge in [0.2, 0.25) is 11.8 Å². The van der Waals surface area contributed by atoms with Crippen LogP contribution in [0, 0.1) is 6.92 Å². The lowest BCUT2D eigenvalue weighted by atomic mass is 10.1. The molecule has 0 radical (unpaired) electrons. The summed E-state index contributed by atoms with van der Waals surface area (Å²) in [6, 6.07) is 21.1. The fourth-order valence-corrected chi connectivity index (χ4v) is 5.82. The number of aryl methyl sites for hydroxylation is 1. The summed E-state index contributed by atoms with van der Waals surface area (Å²) in [5.41, 5.74) is 2.08. The standard InChI is InChI=1S/C29H34ClN3O4S/c1-5-26(29(35)31-21(2)3)32(19-23-17-15-22(4)16-18-23)28(34)20-33(27-14-10-9-13-25(27)30)38(36,37)24-11-7-6-8-12-24/h6-18,21,26H,5,19-20H2,1-4H3,(H,31,35)/t26-/m1/s1. The first-order valence-electron chi connectivity index (χ1n) is 12.5. The van der Waals surface area contributed by atoms with Crippen molar-refractivity contribution in [1.82, 2.24) is 10.2 Å². The van der Waals surface area contributed by atoms with E-state index in [1.54, 1.807) is 42.5 Å². The van der Waals surface area contributed by atoms with Gasteiger partial charge in [-0.25, -0.2) is 8.42 Å². The Morgan fingerprint density at radius 3 is 2.11 bits per heavy atom. The van der Waals surface area contributed by atoms with Crippen LogP contribution in [0.3, 0.4) is 0 Å². The first kappa shape index (κ1) is 29.2. The summed E-state index contributed by atoms with van der Waals surface area (Å²) >= 11 is 6.42. The molecule has 1 N–H and O–H groups in total. The molecular formula is C29H34ClN3O4S. The number of carbonyl (C=O) groups excluding carboxylic acids is 2. The van der Waals surface area contributed by atoms with Crippen molar-refractivity contribution in [1.29, 1.82) is 0 Å². The lowest BCUT2D eigenvalue weighted by Gasteiger charge is -2.33. The van der Waals surface area contributed by atoms with Gasteiger partial charge in [-0.05, 0) is 57.0 Å². The fourth-order valence-electron chi connectivity index (χ4n) is 4.08. The van der Waals surface area contributed by atoms with Gasteiger partial charge in [-0.15, -0.1) is 0 Å². The number of nitrogens with zero attached hydrogens (tertiary/aromatic N) is 2. The van der Waals surface area contributed by atoms with Gasteiger partial charge in [0, 0.05) is 12.6 Å². The maximum Gasteiger partial charge on any atom is 0.264 e. The molecule has 7 nitrogen and oxygen atoms in total. The number of halogens is 1. The first-order chi connectivity index (χ1) is 18.0. The SMILES string of the molecule is CC[C@H](C(=O)NC(C)C)N(Cc1ccc(C)cc1)C(=O)CN(c1ccccc1Cl)S(=O)(=O)c1ccccc1. The van der Waals surface area contributed by atoms with E-state index in [4.69, 9.17) is 11.6 Å². The zero-order valence-electron chi connectivity index (χ0n) is 22.1. The molecule has 0 spiro atoms. The second kappa shape index (κ2) is 12.9. The highest BCUT2D eigenvalue weighted by molar-refractivity contribution is 7.92. The topological polar surface area (TPSA) is 86.8 Å². The highest BCUT2D eigenvalue weighted by Crippen LogP contribution is 2.30. The molecule has 3 aromatic rings. The molecule has 2 amide bonds. The third kappa shape index (κ3) is 7.14. The number of hydrogen-bond acceptors (Lipinski definition) is 4. The van der Waals surface area contributed by atoms with Crippen molar-refractivity contribution >= 4 is 39.1 Å². The molecule has 0 fully saturated rings. The molecule has 3 aromatic carbocycles. The average molecular weight is 556 g/mol. The Morgan fingerprint density at radius 2 is 1.53 bits per heavy atom. The molecule has 0 saturated heterocycles. The molecule has 0 aliphatic carbocycles. The molecule has 38 heavy (non-hydrogen) atoms. The second-order valence-electron chi connectivity index (χ2n) is 9.37. The number of hydrogen-bond donors (Lipinski definition) is 1. The maximum absolute atomic E-state index is 14.0. The zero-order chi connectivity index (χ0) is 27.9. The molecule has 0 aliphatic heterocycles. The summed E-state index contributed by atoms with van der Waals surface area (Å²) in [6.07, 6.45) is 0.355. The molecule has 0 aliphatic rings. The molecular weight excluding hydrogens is 522 g/mol. The Kier molecular flexibility index (Phi) is 9.94. The number of para-hydroxylation sites is 1. The fraction of sp³-hybridized carbons (Fsp3) is 0.310. The third-order valence-electron chi connectivity index (χ3n) is 6.02. The summed E-state index contributed by atoms with van der Waals surface area (Å²) in [4.78, 5) is 28.6. The highest BCUT2D eigenvalue weighted by Gasteiger charge is 2.34. The normalized spacial score (nSPS) is 12.2. The average Bonchev–Trinajstić information content (AvgIpc) is 2.88. The molecule has 0 heterocycles. The second-order valence-corrected chi connectivity index (χ2v) is 11.6. The van der Waals surface area contributed by atoms with Crippen molar-refractivity contribution in [2.24, 2.45) is 0 Å². The number of carbonyl (C=O) groups is 2. The number of anilines is 1. The minimum atomic E-state index is -4.15. The highest BCUT2D eigenvalue weighted by atomic mass is 35.5. The van der Waals surface area contributed by atoms with E-state index in [1.165, 1.54) is 17.0 Å². The first-order valence-corrected chi connectivity index (χ1v) is 14.3. The molecule has 9 heteroatoms. The third-order valence-corrected chi connectivity index (χ3v) is 8.12. The van der Waals surface area contributed by atoms with E-state index in [0.29, 0.717) is 6.42 Å². The minimum Gasteiger partial charge on any atom is -0.352 e. The Hall–Kier alpha value is -3.36. The van der Waals surface area contributed by atoms with E-state index in [2.05, 4.69) is 5.32 Å². The van der Waals surface area contributed by atoms with E-state index in [1.807, 2.05) is 52.0 Å². The summed E-state index contributed by atoms with van der Waals surface area (Å²) in [7, 11) is -4.15. The number of rotatable bonds is 11. The van der Waals surface area contributed by atoms with Crippen molar-refractivity contribution in [3.8, 4) is 0 Å². The van der Waals surface area contributed by atoms with Crippen LogP contribution in [0.25, 0.3) is 0 Å². The van der Waals surface area contributed by atoms with Crippen LogP contribution >= 0.6 is 11.6 Å². The molecule has 0 aromatic heterocycles. The summed E-state index contributed by atoms with van der Waals surface area (Å²) in [6.45, 7) is 7.11. The van der Waals surface area contributed by atoms with E-state index < -0.39 is 28.5 Å². The Labute approximate surface area is 230 Å². The van der Waals surface area contributed by atoms with Gasteiger partial charge in [0.15, 0.2) is 0 Å². The van der Waals surface area contributed by atoms with Crippen molar-refractivity contribution in [2.45, 2.75) is 57.6 Å².